The molecule has 2 rings (SSSR count). The quantitative estimate of drug-likeness (QED) is 0.520. The Kier molecular flexibility index (Phi) is 2.46. The molecule has 1 spiro atoms. The lowest BCUT2D eigenvalue weighted by molar-refractivity contribution is -0.105. The minimum absolute atomic E-state index is 0.201. The topological polar surface area (TPSA) is 9.23 Å². The van der Waals surface area contributed by atoms with E-state index in [1.807, 2.05) is 0 Å². The molecule has 0 aromatic heterocycles. The van der Waals surface area contributed by atoms with Crippen LogP contribution in [0.2, 0.25) is 0 Å². The van der Waals surface area contributed by atoms with Crippen LogP contribution in [-0.2, 0) is 4.74 Å². The normalized spacial score (nSPS) is 41.0. The summed E-state index contributed by atoms with van der Waals surface area (Å²) >= 11 is 0. The molecule has 1 heteroatoms. The standard InChI is InChI=1S/C12H20O/c1-10-4-3-6-12(8-10)9-11(2)5-7-13-12/h11H,1,3-9H2,2H3/t11-,12+/m1/s1. The molecule has 0 N–H and O–H groups in total. The minimum atomic E-state index is 0.201. The van der Waals surface area contributed by atoms with Crippen molar-refractivity contribution in [1.29, 1.82) is 0 Å². The van der Waals surface area contributed by atoms with Crippen LogP contribution in [0.4, 0.5) is 0 Å². The highest BCUT2D eigenvalue weighted by Crippen LogP contribution is 2.41. The Bertz CT molecular complexity index is 205. The average Bonchev–Trinajstić information content (AvgIpc) is 2.02. The molecule has 2 atom stereocenters. The largest absolute Gasteiger partial charge is 0.375 e. The van der Waals surface area contributed by atoms with Crippen LogP contribution in [0, 0.1) is 5.92 Å². The number of hydrogen-bond donors (Lipinski definition) is 0. The van der Waals surface area contributed by atoms with E-state index in [4.69, 9.17) is 4.74 Å². The molecule has 0 aromatic carbocycles. The van der Waals surface area contributed by atoms with Crippen molar-refractivity contribution in [3.05, 3.63) is 12.2 Å². The molecule has 1 aliphatic heterocycles. The van der Waals surface area contributed by atoms with Crippen LogP contribution in [0.5, 0.6) is 0 Å². The van der Waals surface area contributed by atoms with Gasteiger partial charge in [0.25, 0.3) is 0 Å². The van der Waals surface area contributed by atoms with Crippen LogP contribution in [0.3, 0.4) is 0 Å². The third-order valence-corrected chi connectivity index (χ3v) is 3.47. The monoisotopic (exact) mass is 180 g/mol. The maximum Gasteiger partial charge on any atom is 0.0722 e. The van der Waals surface area contributed by atoms with Crippen molar-refractivity contribution in [1.82, 2.24) is 0 Å². The summed E-state index contributed by atoms with van der Waals surface area (Å²) in [6.45, 7) is 7.42. The second-order valence-electron chi connectivity index (χ2n) is 4.91. The Hall–Kier alpha value is -0.300. The Labute approximate surface area is 81.2 Å². The number of ether oxygens (including phenoxy) is 1. The van der Waals surface area contributed by atoms with E-state index >= 15 is 0 Å². The molecule has 0 amide bonds. The summed E-state index contributed by atoms with van der Waals surface area (Å²) in [5.74, 6) is 0.847. The van der Waals surface area contributed by atoms with Crippen LogP contribution in [-0.4, -0.2) is 12.2 Å². The molecule has 1 nitrogen and oxygen atoms in total. The number of hydrogen-bond acceptors (Lipinski definition) is 1. The Morgan fingerprint density at radius 3 is 3.08 bits per heavy atom. The van der Waals surface area contributed by atoms with Gasteiger partial charge in [-0.3, -0.25) is 0 Å². The van der Waals surface area contributed by atoms with Gasteiger partial charge in [-0.1, -0.05) is 19.1 Å². The third kappa shape index (κ3) is 1.96. The van der Waals surface area contributed by atoms with Crippen LogP contribution in [0.25, 0.3) is 0 Å². The van der Waals surface area contributed by atoms with Crippen molar-refractivity contribution in [2.75, 3.05) is 6.61 Å². The minimum Gasteiger partial charge on any atom is -0.375 e. The first-order valence-electron chi connectivity index (χ1n) is 5.51. The highest BCUT2D eigenvalue weighted by molar-refractivity contribution is 5.07. The van der Waals surface area contributed by atoms with Crippen molar-refractivity contribution in [2.24, 2.45) is 5.92 Å². The smallest absolute Gasteiger partial charge is 0.0722 e. The molecular formula is C12H20O. The molecule has 1 saturated heterocycles. The van der Waals surface area contributed by atoms with Crippen molar-refractivity contribution < 1.29 is 4.74 Å². The molecule has 2 fully saturated rings. The summed E-state index contributed by atoms with van der Waals surface area (Å²) in [6.07, 6.45) is 7.39. The molecule has 13 heavy (non-hydrogen) atoms. The van der Waals surface area contributed by atoms with Gasteiger partial charge in [-0.05, 0) is 44.4 Å². The van der Waals surface area contributed by atoms with Gasteiger partial charge in [0.05, 0.1) is 5.60 Å². The third-order valence-electron chi connectivity index (χ3n) is 3.47. The molecule has 1 heterocycles. The maximum atomic E-state index is 5.99. The van der Waals surface area contributed by atoms with Gasteiger partial charge in [0.1, 0.15) is 0 Å². The summed E-state index contributed by atoms with van der Waals surface area (Å²) in [6, 6.07) is 0. The van der Waals surface area contributed by atoms with Gasteiger partial charge in [-0.2, -0.15) is 0 Å². The highest BCUT2D eigenvalue weighted by Gasteiger charge is 2.38. The Morgan fingerprint density at radius 2 is 2.38 bits per heavy atom. The molecule has 0 aromatic rings. The van der Waals surface area contributed by atoms with Gasteiger partial charge >= 0.3 is 0 Å². The molecule has 2 aliphatic rings. The molecule has 0 bridgehead atoms. The van der Waals surface area contributed by atoms with E-state index in [9.17, 15) is 0 Å². The van der Waals surface area contributed by atoms with Crippen molar-refractivity contribution in [3.63, 3.8) is 0 Å². The summed E-state index contributed by atoms with van der Waals surface area (Å²) in [4.78, 5) is 0. The van der Waals surface area contributed by atoms with E-state index < -0.39 is 0 Å². The van der Waals surface area contributed by atoms with Crippen molar-refractivity contribution in [3.8, 4) is 0 Å². The lowest BCUT2D eigenvalue weighted by Gasteiger charge is -2.43. The zero-order chi connectivity index (χ0) is 9.31. The Morgan fingerprint density at radius 1 is 1.54 bits per heavy atom. The second kappa shape index (κ2) is 3.45. The van der Waals surface area contributed by atoms with Crippen molar-refractivity contribution >= 4 is 0 Å². The fourth-order valence-electron chi connectivity index (χ4n) is 2.86. The van der Waals surface area contributed by atoms with E-state index in [-0.39, 0.29) is 5.60 Å². The second-order valence-corrected chi connectivity index (χ2v) is 4.91. The van der Waals surface area contributed by atoms with Gasteiger partial charge in [0.2, 0.25) is 0 Å². The van der Waals surface area contributed by atoms with Crippen LogP contribution in [0.1, 0.15) is 45.4 Å². The number of rotatable bonds is 0. The summed E-state index contributed by atoms with van der Waals surface area (Å²) in [5, 5.41) is 0. The molecular weight excluding hydrogens is 160 g/mol. The van der Waals surface area contributed by atoms with Gasteiger partial charge in [-0.15, -0.1) is 0 Å². The first-order valence-corrected chi connectivity index (χ1v) is 5.51. The SMILES string of the molecule is C=C1CCC[C@]2(C1)C[C@H](C)CCO2. The van der Waals surface area contributed by atoms with E-state index in [1.54, 1.807) is 0 Å². The van der Waals surface area contributed by atoms with Crippen LogP contribution in [0.15, 0.2) is 12.2 Å². The van der Waals surface area contributed by atoms with Crippen LogP contribution < -0.4 is 0 Å². The van der Waals surface area contributed by atoms with Crippen LogP contribution >= 0.6 is 0 Å². The lowest BCUT2D eigenvalue weighted by Crippen LogP contribution is -2.41. The average molecular weight is 180 g/mol. The molecule has 0 unspecified atom stereocenters. The summed E-state index contributed by atoms with van der Waals surface area (Å²) in [5.41, 5.74) is 1.60. The Balaban J connectivity index is 2.04. The van der Waals surface area contributed by atoms with E-state index in [1.165, 1.54) is 37.7 Å². The zero-order valence-corrected chi connectivity index (χ0v) is 8.64. The van der Waals surface area contributed by atoms with Gasteiger partial charge in [-0.25, -0.2) is 0 Å². The molecule has 74 valence electrons. The maximum absolute atomic E-state index is 5.99. The van der Waals surface area contributed by atoms with Crippen molar-refractivity contribution in [2.45, 2.75) is 51.0 Å². The predicted molar refractivity (Wildman–Crippen MR) is 54.7 cm³/mol. The first kappa shape index (κ1) is 9.26. The first-order chi connectivity index (χ1) is 6.20. The molecule has 1 aliphatic carbocycles. The van der Waals surface area contributed by atoms with E-state index in [2.05, 4.69) is 13.5 Å². The predicted octanol–water partition coefficient (Wildman–Crippen LogP) is 3.30. The molecule has 1 saturated carbocycles. The summed E-state index contributed by atoms with van der Waals surface area (Å²) < 4.78 is 5.99. The van der Waals surface area contributed by atoms with E-state index in [0.717, 1.165) is 18.9 Å². The summed E-state index contributed by atoms with van der Waals surface area (Å²) in [7, 11) is 0. The fourth-order valence-corrected chi connectivity index (χ4v) is 2.86. The van der Waals surface area contributed by atoms with Gasteiger partial charge in [0, 0.05) is 6.61 Å². The fraction of sp³-hybridized carbons (Fsp3) is 0.833. The zero-order valence-electron chi connectivity index (χ0n) is 8.64. The lowest BCUT2D eigenvalue weighted by atomic mass is 9.75. The highest BCUT2D eigenvalue weighted by atomic mass is 16.5. The molecule has 0 radical (unpaired) electrons. The van der Waals surface area contributed by atoms with E-state index in [0.29, 0.717) is 0 Å². The van der Waals surface area contributed by atoms with Gasteiger partial charge < -0.3 is 4.74 Å². The van der Waals surface area contributed by atoms with Gasteiger partial charge in [0.15, 0.2) is 0 Å².